The molecule has 0 aliphatic carbocycles. The van der Waals surface area contributed by atoms with Gasteiger partial charge in [-0.15, -0.1) is 10.2 Å². The van der Waals surface area contributed by atoms with Gasteiger partial charge in [0.1, 0.15) is 0 Å². The molecule has 0 radical (unpaired) electrons. The van der Waals surface area contributed by atoms with Crippen LogP contribution in [0.25, 0.3) is 11.5 Å². The molecule has 0 saturated carbocycles. The van der Waals surface area contributed by atoms with Gasteiger partial charge in [-0.1, -0.05) is 17.7 Å². The molecular weight excluding hydrogens is 415 g/mol. The van der Waals surface area contributed by atoms with Crippen LogP contribution >= 0.6 is 11.6 Å². The molecule has 150 valence electrons. The minimum atomic E-state index is -4.76. The molecule has 0 unspecified atom stereocenters. The summed E-state index contributed by atoms with van der Waals surface area (Å²) in [6.45, 7) is 1.59. The van der Waals surface area contributed by atoms with Crippen LogP contribution in [0.5, 0.6) is 0 Å². The number of aryl methyl sites for hydroxylation is 1. The summed E-state index contributed by atoms with van der Waals surface area (Å²) in [7, 11) is 0. The number of aromatic carboxylic acids is 1. The predicted octanol–water partition coefficient (Wildman–Crippen LogP) is 4.67. The zero-order valence-electron chi connectivity index (χ0n) is 14.5. The quantitative estimate of drug-likeness (QED) is 0.629. The number of nitrogens with one attached hydrogen (secondary N) is 1. The number of aromatic nitrogens is 2. The Bertz CT molecular complexity index is 1110. The SMILES string of the molecule is Cc1cc(-c2nnc(C(F)(F)F)o2)ccc1NC(=O)c1c(Cl)cccc1C(=O)O. The second kappa shape index (κ2) is 7.55. The van der Waals surface area contributed by atoms with E-state index in [2.05, 4.69) is 19.9 Å². The third-order valence-electron chi connectivity index (χ3n) is 3.86. The van der Waals surface area contributed by atoms with Crippen LogP contribution in [0.4, 0.5) is 18.9 Å². The maximum absolute atomic E-state index is 12.6. The number of hydrogen-bond donors (Lipinski definition) is 2. The summed E-state index contributed by atoms with van der Waals surface area (Å²) < 4.78 is 42.4. The van der Waals surface area contributed by atoms with E-state index < -0.39 is 23.9 Å². The lowest BCUT2D eigenvalue weighted by Gasteiger charge is -2.12. The number of benzene rings is 2. The average molecular weight is 426 g/mol. The fourth-order valence-electron chi connectivity index (χ4n) is 2.51. The van der Waals surface area contributed by atoms with Crippen molar-refractivity contribution in [3.05, 3.63) is 64.0 Å². The first-order valence-electron chi connectivity index (χ1n) is 7.93. The third-order valence-corrected chi connectivity index (χ3v) is 4.18. The van der Waals surface area contributed by atoms with Crippen LogP contribution in [0.2, 0.25) is 5.02 Å². The topological polar surface area (TPSA) is 105 Å². The van der Waals surface area contributed by atoms with Gasteiger partial charge in [0.25, 0.3) is 5.91 Å². The second-order valence-corrected chi connectivity index (χ2v) is 6.27. The molecule has 3 rings (SSSR count). The predicted molar refractivity (Wildman–Crippen MR) is 95.8 cm³/mol. The van der Waals surface area contributed by atoms with Crippen molar-refractivity contribution in [2.24, 2.45) is 0 Å². The van der Waals surface area contributed by atoms with E-state index in [0.717, 1.165) is 0 Å². The average Bonchev–Trinajstić information content (AvgIpc) is 3.13. The molecule has 11 heteroatoms. The van der Waals surface area contributed by atoms with E-state index in [4.69, 9.17) is 11.6 Å². The number of nitrogens with zero attached hydrogens (tertiary/aromatic N) is 2. The minimum Gasteiger partial charge on any atom is -0.478 e. The molecule has 2 N–H and O–H groups in total. The Labute approximate surface area is 166 Å². The molecule has 3 aromatic rings. The Morgan fingerprint density at radius 1 is 1.17 bits per heavy atom. The third kappa shape index (κ3) is 4.21. The number of amides is 1. The van der Waals surface area contributed by atoms with Crippen LogP contribution in [-0.4, -0.2) is 27.2 Å². The van der Waals surface area contributed by atoms with E-state index in [1.54, 1.807) is 6.92 Å². The van der Waals surface area contributed by atoms with E-state index in [-0.39, 0.29) is 27.6 Å². The van der Waals surface area contributed by atoms with Gasteiger partial charge in [-0.25, -0.2) is 4.79 Å². The maximum atomic E-state index is 12.6. The lowest BCUT2D eigenvalue weighted by atomic mass is 10.1. The highest BCUT2D eigenvalue weighted by Gasteiger charge is 2.38. The summed E-state index contributed by atoms with van der Waals surface area (Å²) in [4.78, 5) is 23.9. The summed E-state index contributed by atoms with van der Waals surface area (Å²) in [5.74, 6) is -3.87. The first kappa shape index (κ1) is 20.3. The van der Waals surface area contributed by atoms with Crippen molar-refractivity contribution in [3.8, 4) is 11.5 Å². The largest absolute Gasteiger partial charge is 0.478 e. The number of carboxylic acids is 1. The number of carboxylic acid groups (broad SMARTS) is 1. The highest BCUT2D eigenvalue weighted by molar-refractivity contribution is 6.35. The van der Waals surface area contributed by atoms with Crippen molar-refractivity contribution in [3.63, 3.8) is 0 Å². The van der Waals surface area contributed by atoms with E-state index in [9.17, 15) is 27.9 Å². The van der Waals surface area contributed by atoms with Crippen molar-refractivity contribution in [2.45, 2.75) is 13.1 Å². The van der Waals surface area contributed by atoms with Crippen LogP contribution in [0.3, 0.4) is 0 Å². The summed E-state index contributed by atoms with van der Waals surface area (Å²) in [6.07, 6.45) is -4.76. The molecule has 0 aliphatic heterocycles. The Morgan fingerprint density at radius 2 is 1.90 bits per heavy atom. The lowest BCUT2D eigenvalue weighted by molar-refractivity contribution is -0.156. The summed E-state index contributed by atoms with van der Waals surface area (Å²) in [6, 6.07) is 8.26. The van der Waals surface area contributed by atoms with Crippen molar-refractivity contribution in [1.29, 1.82) is 0 Å². The van der Waals surface area contributed by atoms with Gasteiger partial charge < -0.3 is 14.8 Å². The summed E-state index contributed by atoms with van der Waals surface area (Å²) in [5.41, 5.74) is 0.497. The number of carbonyl (C=O) groups is 2. The monoisotopic (exact) mass is 425 g/mol. The second-order valence-electron chi connectivity index (χ2n) is 5.86. The van der Waals surface area contributed by atoms with Crippen LogP contribution < -0.4 is 5.32 Å². The van der Waals surface area contributed by atoms with Crippen LogP contribution in [0, 0.1) is 6.92 Å². The van der Waals surface area contributed by atoms with Crippen molar-refractivity contribution in [1.82, 2.24) is 10.2 Å². The molecule has 0 bridgehead atoms. The lowest BCUT2D eigenvalue weighted by Crippen LogP contribution is -2.17. The van der Waals surface area contributed by atoms with Gasteiger partial charge in [0.2, 0.25) is 5.89 Å². The molecule has 1 aromatic heterocycles. The zero-order valence-corrected chi connectivity index (χ0v) is 15.3. The molecule has 7 nitrogen and oxygen atoms in total. The smallest absolute Gasteiger partial charge is 0.470 e. The number of halogens is 4. The number of rotatable bonds is 4. The highest BCUT2D eigenvalue weighted by atomic mass is 35.5. The number of anilines is 1. The van der Waals surface area contributed by atoms with Gasteiger partial charge >= 0.3 is 18.0 Å². The van der Waals surface area contributed by atoms with Crippen LogP contribution in [-0.2, 0) is 6.18 Å². The Hall–Kier alpha value is -3.40. The van der Waals surface area contributed by atoms with Crippen molar-refractivity contribution < 1.29 is 32.3 Å². The first-order valence-corrected chi connectivity index (χ1v) is 8.30. The molecule has 1 amide bonds. The standard InChI is InChI=1S/C18H11ClF3N3O4/c1-8-7-9(15-24-25-17(29-15)18(20,21)22)5-6-12(8)23-14(26)13-10(16(27)28)3-2-4-11(13)19/h2-7H,1H3,(H,23,26)(H,27,28). The summed E-state index contributed by atoms with van der Waals surface area (Å²) >= 11 is 5.98. The molecule has 1 heterocycles. The normalized spacial score (nSPS) is 11.3. The molecule has 2 aromatic carbocycles. The van der Waals surface area contributed by atoms with Crippen LogP contribution in [0.15, 0.2) is 40.8 Å². The van der Waals surface area contributed by atoms with Gasteiger partial charge in [-0.05, 0) is 42.8 Å². The van der Waals surface area contributed by atoms with E-state index in [1.165, 1.54) is 36.4 Å². The van der Waals surface area contributed by atoms with Crippen molar-refractivity contribution in [2.75, 3.05) is 5.32 Å². The van der Waals surface area contributed by atoms with Gasteiger partial charge in [-0.2, -0.15) is 13.2 Å². The van der Waals surface area contributed by atoms with Gasteiger partial charge in [0.05, 0.1) is 16.1 Å². The number of carbonyl (C=O) groups excluding carboxylic acids is 1. The fourth-order valence-corrected chi connectivity index (χ4v) is 2.77. The number of hydrogen-bond acceptors (Lipinski definition) is 5. The Morgan fingerprint density at radius 3 is 2.48 bits per heavy atom. The maximum Gasteiger partial charge on any atom is 0.470 e. The molecule has 0 saturated heterocycles. The van der Waals surface area contributed by atoms with Crippen LogP contribution in [0.1, 0.15) is 32.2 Å². The van der Waals surface area contributed by atoms with E-state index in [1.807, 2.05) is 0 Å². The molecule has 0 aliphatic rings. The minimum absolute atomic E-state index is 0.0396. The molecule has 0 fully saturated rings. The van der Waals surface area contributed by atoms with Crippen molar-refractivity contribution >= 4 is 29.2 Å². The molecule has 29 heavy (non-hydrogen) atoms. The molecular formula is C18H11ClF3N3O4. The Kier molecular flexibility index (Phi) is 5.29. The first-order chi connectivity index (χ1) is 13.6. The fraction of sp³-hybridized carbons (Fsp3) is 0.111. The molecule has 0 atom stereocenters. The van der Waals surface area contributed by atoms with Gasteiger partial charge in [-0.3, -0.25) is 4.79 Å². The summed E-state index contributed by atoms with van der Waals surface area (Å²) in [5, 5.41) is 18.1. The Balaban J connectivity index is 1.88. The van der Waals surface area contributed by atoms with E-state index in [0.29, 0.717) is 11.3 Å². The zero-order chi connectivity index (χ0) is 21.3. The van der Waals surface area contributed by atoms with E-state index >= 15 is 0 Å². The van der Waals surface area contributed by atoms with Gasteiger partial charge in [0, 0.05) is 11.3 Å². The highest BCUT2D eigenvalue weighted by Crippen LogP contribution is 2.31. The molecule has 0 spiro atoms. The van der Waals surface area contributed by atoms with Gasteiger partial charge in [0.15, 0.2) is 0 Å². The number of alkyl halides is 3.